The Hall–Kier alpha value is -2.04. The zero-order valence-corrected chi connectivity index (χ0v) is 13.0. The molecule has 0 bridgehead atoms. The lowest BCUT2D eigenvalue weighted by atomic mass is 10.0. The lowest BCUT2D eigenvalue weighted by Crippen LogP contribution is -2.43. The van der Waals surface area contributed by atoms with Gasteiger partial charge in [-0.15, -0.1) is 0 Å². The quantitative estimate of drug-likeness (QED) is 0.809. The lowest BCUT2D eigenvalue weighted by Gasteiger charge is -2.16. The molecule has 2 N–H and O–H groups in total. The summed E-state index contributed by atoms with van der Waals surface area (Å²) in [6.07, 6.45) is 0.393. The number of aliphatic carboxylic acids is 1. The fourth-order valence-corrected chi connectivity index (χ4v) is 2.09. The van der Waals surface area contributed by atoms with Crippen LogP contribution < -0.4 is 10.1 Å². The first-order chi connectivity index (χ1) is 9.77. The van der Waals surface area contributed by atoms with Crippen LogP contribution in [0.2, 0.25) is 0 Å². The van der Waals surface area contributed by atoms with Crippen LogP contribution in [0, 0.1) is 19.8 Å². The molecule has 0 aliphatic heterocycles. The molecule has 0 aliphatic rings. The van der Waals surface area contributed by atoms with Gasteiger partial charge < -0.3 is 15.2 Å². The lowest BCUT2D eigenvalue weighted by molar-refractivity contribution is -0.142. The summed E-state index contributed by atoms with van der Waals surface area (Å²) in [4.78, 5) is 22.9. The standard InChI is InChI=1S/C16H23NO4/c1-10(2)5-14(16(19)20)17-15(18)9-21-13-7-11(3)6-12(4)8-13/h6-8,10,14H,5,9H2,1-4H3,(H,17,18)(H,19,20)/t14-/m0/s1. The number of carboxylic acids is 1. The van der Waals surface area contributed by atoms with E-state index in [2.05, 4.69) is 5.32 Å². The van der Waals surface area contributed by atoms with Crippen LogP contribution in [0.15, 0.2) is 18.2 Å². The second-order valence-electron chi connectivity index (χ2n) is 5.70. The number of amides is 1. The minimum atomic E-state index is -1.02. The van der Waals surface area contributed by atoms with Gasteiger partial charge in [-0.05, 0) is 49.4 Å². The smallest absolute Gasteiger partial charge is 0.326 e. The molecule has 0 unspecified atom stereocenters. The Morgan fingerprint density at radius 1 is 1.19 bits per heavy atom. The van der Waals surface area contributed by atoms with Gasteiger partial charge in [0, 0.05) is 0 Å². The molecule has 0 fully saturated rings. The van der Waals surface area contributed by atoms with Crippen molar-refractivity contribution in [2.24, 2.45) is 5.92 Å². The van der Waals surface area contributed by atoms with Crippen molar-refractivity contribution in [2.75, 3.05) is 6.61 Å². The highest BCUT2D eigenvalue weighted by Gasteiger charge is 2.21. The SMILES string of the molecule is Cc1cc(C)cc(OCC(=O)N[C@@H](CC(C)C)C(=O)O)c1. The van der Waals surface area contributed by atoms with Crippen LogP contribution in [0.1, 0.15) is 31.4 Å². The molecule has 1 amide bonds. The number of hydrogen-bond acceptors (Lipinski definition) is 3. The van der Waals surface area contributed by atoms with Crippen molar-refractivity contribution in [3.05, 3.63) is 29.3 Å². The first-order valence-corrected chi connectivity index (χ1v) is 7.01. The van der Waals surface area contributed by atoms with Gasteiger partial charge in [0.25, 0.3) is 5.91 Å². The van der Waals surface area contributed by atoms with Gasteiger partial charge in [0.05, 0.1) is 0 Å². The summed E-state index contributed by atoms with van der Waals surface area (Å²) in [5.74, 6) is -0.657. The van der Waals surface area contributed by atoms with Gasteiger partial charge in [0.15, 0.2) is 6.61 Å². The van der Waals surface area contributed by atoms with Crippen LogP contribution >= 0.6 is 0 Å². The summed E-state index contributed by atoms with van der Waals surface area (Å²) in [5.41, 5.74) is 2.10. The molecule has 1 rings (SSSR count). The summed E-state index contributed by atoms with van der Waals surface area (Å²) >= 11 is 0. The number of carboxylic acid groups (broad SMARTS) is 1. The molecule has 0 aliphatic carbocycles. The summed E-state index contributed by atoms with van der Waals surface area (Å²) in [6, 6.07) is 4.81. The predicted molar refractivity (Wildman–Crippen MR) is 80.4 cm³/mol. The van der Waals surface area contributed by atoms with E-state index >= 15 is 0 Å². The van der Waals surface area contributed by atoms with Crippen molar-refractivity contribution >= 4 is 11.9 Å². The van der Waals surface area contributed by atoms with Gasteiger partial charge in [0.1, 0.15) is 11.8 Å². The molecule has 0 heterocycles. The molecule has 21 heavy (non-hydrogen) atoms. The number of nitrogens with one attached hydrogen (secondary N) is 1. The molecule has 5 heteroatoms. The van der Waals surface area contributed by atoms with Gasteiger partial charge in [-0.25, -0.2) is 4.79 Å². The van der Waals surface area contributed by atoms with Crippen LogP contribution in [0.3, 0.4) is 0 Å². The minimum absolute atomic E-state index is 0.187. The van der Waals surface area contributed by atoms with E-state index in [1.54, 1.807) is 0 Å². The van der Waals surface area contributed by atoms with Crippen LogP contribution in [-0.2, 0) is 9.59 Å². The Morgan fingerprint density at radius 2 is 1.76 bits per heavy atom. The highest BCUT2D eigenvalue weighted by atomic mass is 16.5. The van der Waals surface area contributed by atoms with Gasteiger partial charge in [-0.3, -0.25) is 4.79 Å². The summed E-state index contributed by atoms with van der Waals surface area (Å²) < 4.78 is 5.41. The Bertz CT molecular complexity index is 491. The van der Waals surface area contributed by atoms with Crippen molar-refractivity contribution in [2.45, 2.75) is 40.2 Å². The van der Waals surface area contributed by atoms with E-state index in [1.807, 2.05) is 45.9 Å². The van der Waals surface area contributed by atoms with E-state index in [9.17, 15) is 9.59 Å². The third-order valence-electron chi connectivity index (χ3n) is 2.91. The van der Waals surface area contributed by atoms with Crippen LogP contribution in [0.25, 0.3) is 0 Å². The molecule has 0 saturated heterocycles. The highest BCUT2D eigenvalue weighted by molar-refractivity contribution is 5.84. The van der Waals surface area contributed by atoms with E-state index in [1.165, 1.54) is 0 Å². The molecule has 1 aromatic carbocycles. The number of ether oxygens (including phenoxy) is 1. The van der Waals surface area contributed by atoms with E-state index in [4.69, 9.17) is 9.84 Å². The third-order valence-corrected chi connectivity index (χ3v) is 2.91. The maximum atomic E-state index is 11.8. The first-order valence-electron chi connectivity index (χ1n) is 7.01. The molecule has 1 aromatic rings. The molecule has 0 aromatic heterocycles. The molecule has 5 nitrogen and oxygen atoms in total. The predicted octanol–water partition coefficient (Wildman–Crippen LogP) is 2.30. The van der Waals surface area contributed by atoms with Crippen LogP contribution in [-0.4, -0.2) is 29.6 Å². The zero-order chi connectivity index (χ0) is 16.0. The highest BCUT2D eigenvalue weighted by Crippen LogP contribution is 2.16. The Morgan fingerprint density at radius 3 is 2.24 bits per heavy atom. The molecule has 116 valence electrons. The Balaban J connectivity index is 2.54. The zero-order valence-electron chi connectivity index (χ0n) is 13.0. The van der Waals surface area contributed by atoms with Crippen molar-refractivity contribution in [1.82, 2.24) is 5.32 Å². The van der Waals surface area contributed by atoms with Gasteiger partial charge >= 0.3 is 5.97 Å². The van der Waals surface area contributed by atoms with Gasteiger partial charge in [-0.2, -0.15) is 0 Å². The van der Waals surface area contributed by atoms with Crippen LogP contribution in [0.4, 0.5) is 0 Å². The fraction of sp³-hybridized carbons (Fsp3) is 0.500. The second-order valence-corrected chi connectivity index (χ2v) is 5.70. The van der Waals surface area contributed by atoms with Crippen molar-refractivity contribution in [3.8, 4) is 5.75 Å². The number of hydrogen-bond donors (Lipinski definition) is 2. The maximum absolute atomic E-state index is 11.8. The summed E-state index contributed by atoms with van der Waals surface area (Å²) in [7, 11) is 0. The van der Waals surface area contributed by atoms with E-state index in [0.29, 0.717) is 12.2 Å². The third kappa shape index (κ3) is 6.29. The summed E-state index contributed by atoms with van der Waals surface area (Å²) in [6.45, 7) is 7.53. The first kappa shape index (κ1) is 17.0. The normalized spacial score (nSPS) is 12.0. The molecule has 1 atom stereocenters. The molecule has 0 saturated carbocycles. The van der Waals surface area contributed by atoms with E-state index in [0.717, 1.165) is 11.1 Å². The molecular weight excluding hydrogens is 270 g/mol. The Labute approximate surface area is 125 Å². The van der Waals surface area contributed by atoms with Gasteiger partial charge in [-0.1, -0.05) is 19.9 Å². The second kappa shape index (κ2) is 7.67. The minimum Gasteiger partial charge on any atom is -0.484 e. The monoisotopic (exact) mass is 293 g/mol. The van der Waals surface area contributed by atoms with Crippen molar-refractivity contribution < 1.29 is 19.4 Å². The molecule has 0 spiro atoms. The number of rotatable bonds is 7. The van der Waals surface area contributed by atoms with E-state index < -0.39 is 17.9 Å². The topological polar surface area (TPSA) is 75.6 Å². The average molecular weight is 293 g/mol. The fourth-order valence-electron chi connectivity index (χ4n) is 2.09. The summed E-state index contributed by atoms with van der Waals surface area (Å²) in [5, 5.41) is 11.6. The van der Waals surface area contributed by atoms with Crippen LogP contribution in [0.5, 0.6) is 5.75 Å². The Kier molecular flexibility index (Phi) is 6.21. The van der Waals surface area contributed by atoms with E-state index in [-0.39, 0.29) is 12.5 Å². The maximum Gasteiger partial charge on any atom is 0.326 e. The molecular formula is C16H23NO4. The average Bonchev–Trinajstić information content (AvgIpc) is 2.33. The number of carbonyl (C=O) groups is 2. The molecule has 0 radical (unpaired) electrons. The van der Waals surface area contributed by atoms with Crippen molar-refractivity contribution in [3.63, 3.8) is 0 Å². The van der Waals surface area contributed by atoms with Crippen molar-refractivity contribution in [1.29, 1.82) is 0 Å². The largest absolute Gasteiger partial charge is 0.484 e. The number of benzene rings is 1. The number of aryl methyl sites for hydroxylation is 2. The number of carbonyl (C=O) groups excluding carboxylic acids is 1. The van der Waals surface area contributed by atoms with Gasteiger partial charge in [0.2, 0.25) is 0 Å².